The maximum atomic E-state index is 11.8. The molecular formula is C17H23N3O3. The number of hydrogen-bond acceptors (Lipinski definition) is 4. The van der Waals surface area contributed by atoms with Crippen LogP contribution in [-0.4, -0.2) is 36.7 Å². The summed E-state index contributed by atoms with van der Waals surface area (Å²) in [5.41, 5.74) is 0.971. The van der Waals surface area contributed by atoms with Gasteiger partial charge in [0.25, 0.3) is 0 Å². The number of benzene rings is 1. The number of hydrogen-bond donors (Lipinski definition) is 3. The molecule has 0 radical (unpaired) electrons. The SMILES string of the molecule is O=C(NC1CC(NC2CCCNC2=O)C1)OCc1ccccc1. The summed E-state index contributed by atoms with van der Waals surface area (Å²) in [6.07, 6.45) is 3.20. The zero-order valence-corrected chi connectivity index (χ0v) is 13.1. The summed E-state index contributed by atoms with van der Waals surface area (Å²) in [6, 6.07) is 9.95. The van der Waals surface area contributed by atoms with Crippen LogP contribution in [0.15, 0.2) is 30.3 Å². The molecule has 1 saturated heterocycles. The van der Waals surface area contributed by atoms with Crippen LogP contribution >= 0.6 is 0 Å². The average molecular weight is 317 g/mol. The van der Waals surface area contributed by atoms with E-state index in [2.05, 4.69) is 16.0 Å². The highest BCUT2D eigenvalue weighted by Crippen LogP contribution is 2.21. The summed E-state index contributed by atoms with van der Waals surface area (Å²) >= 11 is 0. The Hall–Kier alpha value is -2.08. The van der Waals surface area contributed by atoms with E-state index in [9.17, 15) is 9.59 Å². The van der Waals surface area contributed by atoms with Crippen LogP contribution in [0.1, 0.15) is 31.2 Å². The highest BCUT2D eigenvalue weighted by molar-refractivity contribution is 5.82. The summed E-state index contributed by atoms with van der Waals surface area (Å²) in [5, 5.41) is 9.10. The van der Waals surface area contributed by atoms with Crippen molar-refractivity contribution in [1.29, 1.82) is 0 Å². The topological polar surface area (TPSA) is 79.5 Å². The molecule has 0 spiro atoms. The van der Waals surface area contributed by atoms with Gasteiger partial charge in [0, 0.05) is 18.6 Å². The predicted octanol–water partition coefficient (Wildman–Crippen LogP) is 1.31. The molecule has 0 aromatic heterocycles. The third-order valence-corrected chi connectivity index (χ3v) is 4.39. The molecule has 1 aliphatic carbocycles. The first-order chi connectivity index (χ1) is 11.2. The van der Waals surface area contributed by atoms with Crippen LogP contribution in [0.5, 0.6) is 0 Å². The van der Waals surface area contributed by atoms with Crippen molar-refractivity contribution in [3.8, 4) is 0 Å². The van der Waals surface area contributed by atoms with E-state index in [4.69, 9.17) is 4.74 Å². The summed E-state index contributed by atoms with van der Waals surface area (Å²) in [6.45, 7) is 1.06. The molecule has 6 nitrogen and oxygen atoms in total. The normalized spacial score (nSPS) is 26.8. The van der Waals surface area contributed by atoms with E-state index in [0.717, 1.165) is 37.8 Å². The Morgan fingerprint density at radius 1 is 1.22 bits per heavy atom. The zero-order valence-electron chi connectivity index (χ0n) is 13.1. The summed E-state index contributed by atoms with van der Waals surface area (Å²) in [7, 11) is 0. The van der Waals surface area contributed by atoms with Gasteiger partial charge in [-0.1, -0.05) is 30.3 Å². The summed E-state index contributed by atoms with van der Waals surface area (Å²) in [5.74, 6) is 0.0925. The van der Waals surface area contributed by atoms with Crippen LogP contribution in [0, 0.1) is 0 Å². The van der Waals surface area contributed by atoms with Gasteiger partial charge < -0.3 is 20.7 Å². The lowest BCUT2D eigenvalue weighted by molar-refractivity contribution is -0.125. The molecule has 1 aliphatic heterocycles. The van der Waals surface area contributed by atoms with Crippen molar-refractivity contribution in [2.24, 2.45) is 0 Å². The summed E-state index contributed by atoms with van der Waals surface area (Å²) < 4.78 is 5.20. The molecule has 3 N–H and O–H groups in total. The highest BCUT2D eigenvalue weighted by atomic mass is 16.5. The number of carbonyl (C=O) groups is 2. The van der Waals surface area contributed by atoms with Gasteiger partial charge in [-0.2, -0.15) is 0 Å². The molecular weight excluding hydrogens is 294 g/mol. The molecule has 23 heavy (non-hydrogen) atoms. The molecule has 1 aromatic carbocycles. The van der Waals surface area contributed by atoms with Crippen LogP contribution < -0.4 is 16.0 Å². The number of ether oxygens (including phenoxy) is 1. The van der Waals surface area contributed by atoms with E-state index in [1.807, 2.05) is 30.3 Å². The molecule has 2 amide bonds. The van der Waals surface area contributed by atoms with Crippen molar-refractivity contribution in [2.75, 3.05) is 6.54 Å². The molecule has 1 atom stereocenters. The van der Waals surface area contributed by atoms with Gasteiger partial charge >= 0.3 is 6.09 Å². The van der Waals surface area contributed by atoms with Gasteiger partial charge in [0.15, 0.2) is 0 Å². The second kappa shape index (κ2) is 7.46. The molecule has 1 saturated carbocycles. The Labute approximate surface area is 136 Å². The van der Waals surface area contributed by atoms with E-state index >= 15 is 0 Å². The Morgan fingerprint density at radius 3 is 2.74 bits per heavy atom. The molecule has 2 aliphatic rings. The van der Waals surface area contributed by atoms with Crippen LogP contribution in [0.4, 0.5) is 4.79 Å². The van der Waals surface area contributed by atoms with Crippen molar-refractivity contribution in [2.45, 2.75) is 50.4 Å². The van der Waals surface area contributed by atoms with Gasteiger partial charge in [-0.25, -0.2) is 4.79 Å². The van der Waals surface area contributed by atoms with E-state index in [0.29, 0.717) is 6.04 Å². The number of rotatable bonds is 5. The quantitative estimate of drug-likeness (QED) is 0.765. The third kappa shape index (κ3) is 4.45. The third-order valence-electron chi connectivity index (χ3n) is 4.39. The van der Waals surface area contributed by atoms with Crippen molar-refractivity contribution in [1.82, 2.24) is 16.0 Å². The molecule has 6 heteroatoms. The lowest BCUT2D eigenvalue weighted by atomic mass is 9.86. The second-order valence-corrected chi connectivity index (χ2v) is 6.22. The first kappa shape index (κ1) is 15.8. The van der Waals surface area contributed by atoms with Gasteiger partial charge in [0.05, 0.1) is 6.04 Å². The first-order valence-corrected chi connectivity index (χ1v) is 8.21. The van der Waals surface area contributed by atoms with E-state index < -0.39 is 0 Å². The van der Waals surface area contributed by atoms with Crippen LogP contribution in [0.25, 0.3) is 0 Å². The standard InChI is InChI=1S/C17H23N3O3/c21-16-15(7-4-8-18-16)19-13-9-14(10-13)20-17(22)23-11-12-5-2-1-3-6-12/h1-3,5-6,13-15,19H,4,7-11H2,(H,18,21)(H,20,22). The smallest absolute Gasteiger partial charge is 0.407 e. The van der Waals surface area contributed by atoms with E-state index in [1.54, 1.807) is 0 Å². The maximum absolute atomic E-state index is 11.8. The minimum Gasteiger partial charge on any atom is -0.445 e. The monoisotopic (exact) mass is 317 g/mol. The number of nitrogens with one attached hydrogen (secondary N) is 3. The largest absolute Gasteiger partial charge is 0.445 e. The molecule has 1 heterocycles. The van der Waals surface area contributed by atoms with Gasteiger partial charge in [-0.15, -0.1) is 0 Å². The lowest BCUT2D eigenvalue weighted by Gasteiger charge is -2.38. The molecule has 1 aromatic rings. The van der Waals surface area contributed by atoms with E-state index in [-0.39, 0.29) is 30.7 Å². The zero-order chi connectivity index (χ0) is 16.1. The molecule has 0 bridgehead atoms. The fourth-order valence-corrected chi connectivity index (χ4v) is 3.02. The summed E-state index contributed by atoms with van der Waals surface area (Å²) in [4.78, 5) is 23.4. The molecule has 1 unspecified atom stereocenters. The highest BCUT2D eigenvalue weighted by Gasteiger charge is 2.34. The van der Waals surface area contributed by atoms with Gasteiger partial charge in [0.1, 0.15) is 6.61 Å². The first-order valence-electron chi connectivity index (χ1n) is 8.21. The number of carbonyl (C=O) groups excluding carboxylic acids is 2. The van der Waals surface area contributed by atoms with Gasteiger partial charge in [0.2, 0.25) is 5.91 Å². The molecule has 2 fully saturated rings. The van der Waals surface area contributed by atoms with Crippen LogP contribution in [0.2, 0.25) is 0 Å². The second-order valence-electron chi connectivity index (χ2n) is 6.22. The Kier molecular flexibility index (Phi) is 5.12. The van der Waals surface area contributed by atoms with Crippen LogP contribution in [-0.2, 0) is 16.1 Å². The Morgan fingerprint density at radius 2 is 2.00 bits per heavy atom. The lowest BCUT2D eigenvalue weighted by Crippen LogP contribution is -2.58. The minimum absolute atomic E-state index is 0.0836. The predicted molar refractivity (Wildman–Crippen MR) is 85.7 cm³/mol. The van der Waals surface area contributed by atoms with Crippen LogP contribution in [0.3, 0.4) is 0 Å². The van der Waals surface area contributed by atoms with Crippen molar-refractivity contribution < 1.29 is 14.3 Å². The molecule has 3 rings (SSSR count). The van der Waals surface area contributed by atoms with Crippen molar-refractivity contribution in [3.05, 3.63) is 35.9 Å². The number of piperidine rings is 1. The molecule has 124 valence electrons. The van der Waals surface area contributed by atoms with Crippen molar-refractivity contribution in [3.63, 3.8) is 0 Å². The fraction of sp³-hybridized carbons (Fsp3) is 0.529. The number of amides is 2. The maximum Gasteiger partial charge on any atom is 0.407 e. The fourth-order valence-electron chi connectivity index (χ4n) is 3.02. The minimum atomic E-state index is -0.382. The van der Waals surface area contributed by atoms with Crippen molar-refractivity contribution >= 4 is 12.0 Å². The van der Waals surface area contributed by atoms with Gasteiger partial charge in [-0.05, 0) is 31.2 Å². The van der Waals surface area contributed by atoms with Gasteiger partial charge in [-0.3, -0.25) is 4.79 Å². The Bertz CT molecular complexity index is 543. The number of alkyl carbamates (subject to hydrolysis) is 1. The van der Waals surface area contributed by atoms with E-state index in [1.165, 1.54) is 0 Å². The Balaban J connectivity index is 1.32. The average Bonchev–Trinajstić information content (AvgIpc) is 2.54.